The minimum atomic E-state index is -3.72. The predicted octanol–water partition coefficient (Wildman–Crippen LogP) is 3.90. The summed E-state index contributed by atoms with van der Waals surface area (Å²) in [5.74, 6) is -0.994. The molecule has 1 aliphatic rings. The molecule has 0 amide bonds. The van der Waals surface area contributed by atoms with Gasteiger partial charge in [-0.15, -0.1) is 0 Å². The van der Waals surface area contributed by atoms with Crippen molar-refractivity contribution in [2.45, 2.75) is 37.3 Å². The van der Waals surface area contributed by atoms with Crippen molar-refractivity contribution in [1.82, 2.24) is 8.87 Å². The van der Waals surface area contributed by atoms with Crippen LogP contribution in [0.5, 0.6) is 5.75 Å². The standard InChI is InChI=1S/C22H23FN2O5S/c1-14(2)30-17-4-6-18(7-5-17)31(28,29)24-10-9-16(12-24)25-13-20(22(26)27)19-8-3-15(23)11-21(19)25/h3-8,11,13-14,16H,9-10,12H2,1-2H3,(H,26,27)/t16-/m1/s1. The number of halogens is 1. The number of carboxylic acids is 1. The molecule has 0 aliphatic carbocycles. The third-order valence-electron chi connectivity index (χ3n) is 5.38. The molecule has 3 aromatic rings. The summed E-state index contributed by atoms with van der Waals surface area (Å²) >= 11 is 0. The van der Waals surface area contributed by atoms with E-state index in [0.717, 1.165) is 0 Å². The summed E-state index contributed by atoms with van der Waals surface area (Å²) in [5, 5.41) is 9.92. The van der Waals surface area contributed by atoms with Crippen molar-refractivity contribution in [2.24, 2.45) is 0 Å². The molecular formula is C22H23FN2O5S. The number of aromatic nitrogens is 1. The van der Waals surface area contributed by atoms with E-state index in [2.05, 4.69) is 0 Å². The Balaban J connectivity index is 1.61. The van der Waals surface area contributed by atoms with E-state index in [1.165, 1.54) is 40.8 Å². The second-order valence-electron chi connectivity index (χ2n) is 7.86. The van der Waals surface area contributed by atoms with Crippen molar-refractivity contribution in [3.8, 4) is 5.75 Å². The van der Waals surface area contributed by atoms with E-state index in [4.69, 9.17) is 4.74 Å². The molecule has 0 unspecified atom stereocenters. The molecule has 2 heterocycles. The number of hydrogen-bond acceptors (Lipinski definition) is 4. The molecule has 9 heteroatoms. The van der Waals surface area contributed by atoms with E-state index in [1.54, 1.807) is 16.7 Å². The number of rotatable bonds is 6. The first-order chi connectivity index (χ1) is 14.7. The average molecular weight is 447 g/mol. The molecule has 164 valence electrons. The van der Waals surface area contributed by atoms with Crippen LogP contribution in [0.1, 0.15) is 36.7 Å². The third-order valence-corrected chi connectivity index (χ3v) is 7.26. The Morgan fingerprint density at radius 1 is 1.19 bits per heavy atom. The van der Waals surface area contributed by atoms with Gasteiger partial charge in [0, 0.05) is 30.7 Å². The van der Waals surface area contributed by atoms with Gasteiger partial charge in [0.2, 0.25) is 10.0 Å². The Bertz CT molecular complexity index is 1230. The van der Waals surface area contributed by atoms with Crippen molar-refractivity contribution in [2.75, 3.05) is 13.1 Å². The van der Waals surface area contributed by atoms with Crippen LogP contribution in [0.25, 0.3) is 10.9 Å². The SMILES string of the molecule is CC(C)Oc1ccc(S(=O)(=O)N2CC[C@@H](n3cc(C(=O)O)c4ccc(F)cc43)C2)cc1. The molecular weight excluding hydrogens is 423 g/mol. The Labute approximate surface area is 179 Å². The fourth-order valence-electron chi connectivity index (χ4n) is 3.96. The molecule has 2 aromatic carbocycles. The summed E-state index contributed by atoms with van der Waals surface area (Å²) in [5.41, 5.74) is 0.508. The van der Waals surface area contributed by atoms with E-state index in [0.29, 0.717) is 23.1 Å². The van der Waals surface area contributed by atoms with Gasteiger partial charge in [0.1, 0.15) is 11.6 Å². The van der Waals surface area contributed by atoms with Gasteiger partial charge in [0.25, 0.3) is 0 Å². The lowest BCUT2D eigenvalue weighted by Gasteiger charge is -2.18. The number of hydrogen-bond donors (Lipinski definition) is 1. The van der Waals surface area contributed by atoms with Crippen molar-refractivity contribution < 1.29 is 27.4 Å². The van der Waals surface area contributed by atoms with Crippen LogP contribution in [0.2, 0.25) is 0 Å². The number of carbonyl (C=O) groups is 1. The summed E-state index contributed by atoms with van der Waals surface area (Å²) in [4.78, 5) is 11.8. The molecule has 1 aromatic heterocycles. The van der Waals surface area contributed by atoms with Gasteiger partial charge in [-0.05, 0) is 62.7 Å². The molecule has 0 spiro atoms. The van der Waals surface area contributed by atoms with E-state index in [1.807, 2.05) is 13.8 Å². The van der Waals surface area contributed by atoms with Gasteiger partial charge >= 0.3 is 5.97 Å². The maximum Gasteiger partial charge on any atom is 0.337 e. The normalized spacial score (nSPS) is 17.5. The molecule has 1 N–H and O–H groups in total. The summed E-state index contributed by atoms with van der Waals surface area (Å²) in [6, 6.07) is 9.94. The van der Waals surface area contributed by atoms with Crippen LogP contribution in [0.4, 0.5) is 4.39 Å². The highest BCUT2D eigenvalue weighted by atomic mass is 32.2. The zero-order valence-electron chi connectivity index (χ0n) is 17.2. The molecule has 31 heavy (non-hydrogen) atoms. The fourth-order valence-corrected chi connectivity index (χ4v) is 5.46. The monoisotopic (exact) mass is 446 g/mol. The van der Waals surface area contributed by atoms with Crippen LogP contribution in [-0.4, -0.2) is 47.6 Å². The van der Waals surface area contributed by atoms with Gasteiger partial charge in [-0.25, -0.2) is 17.6 Å². The lowest BCUT2D eigenvalue weighted by molar-refractivity contribution is 0.0698. The summed E-state index contributed by atoms with van der Waals surface area (Å²) < 4.78 is 48.6. The second kappa shape index (κ2) is 7.97. The lowest BCUT2D eigenvalue weighted by Crippen LogP contribution is -2.29. The van der Waals surface area contributed by atoms with Gasteiger partial charge in [0.15, 0.2) is 0 Å². The number of aromatic carboxylic acids is 1. The molecule has 0 radical (unpaired) electrons. The van der Waals surface area contributed by atoms with Gasteiger partial charge in [-0.2, -0.15) is 4.31 Å². The number of nitrogens with zero attached hydrogens (tertiary/aromatic N) is 2. The molecule has 1 atom stereocenters. The van der Waals surface area contributed by atoms with E-state index in [-0.39, 0.29) is 35.7 Å². The highest BCUT2D eigenvalue weighted by Crippen LogP contribution is 2.33. The largest absolute Gasteiger partial charge is 0.491 e. The second-order valence-corrected chi connectivity index (χ2v) is 9.80. The van der Waals surface area contributed by atoms with E-state index >= 15 is 0 Å². The van der Waals surface area contributed by atoms with Crippen molar-refractivity contribution in [1.29, 1.82) is 0 Å². The minimum absolute atomic E-state index is 0.0151. The Morgan fingerprint density at radius 2 is 1.90 bits per heavy atom. The van der Waals surface area contributed by atoms with Gasteiger partial charge < -0.3 is 14.4 Å². The highest BCUT2D eigenvalue weighted by Gasteiger charge is 2.34. The number of sulfonamides is 1. The first-order valence-electron chi connectivity index (χ1n) is 9.97. The molecule has 1 aliphatic heterocycles. The zero-order valence-corrected chi connectivity index (χ0v) is 18.0. The van der Waals surface area contributed by atoms with Crippen molar-refractivity contribution in [3.63, 3.8) is 0 Å². The van der Waals surface area contributed by atoms with Crippen LogP contribution < -0.4 is 4.74 Å². The van der Waals surface area contributed by atoms with E-state index < -0.39 is 21.8 Å². The van der Waals surface area contributed by atoms with Crippen LogP contribution in [0, 0.1) is 5.82 Å². The molecule has 0 bridgehead atoms. The molecule has 1 fully saturated rings. The van der Waals surface area contributed by atoms with Gasteiger partial charge in [-0.3, -0.25) is 0 Å². The smallest absolute Gasteiger partial charge is 0.337 e. The first kappa shape index (κ1) is 21.3. The minimum Gasteiger partial charge on any atom is -0.491 e. The Morgan fingerprint density at radius 3 is 2.55 bits per heavy atom. The fraction of sp³-hybridized carbons (Fsp3) is 0.318. The summed E-state index contributed by atoms with van der Waals surface area (Å²) in [6.45, 7) is 4.24. The van der Waals surface area contributed by atoms with Gasteiger partial charge in [-0.1, -0.05) is 0 Å². The number of benzene rings is 2. The zero-order chi connectivity index (χ0) is 22.3. The van der Waals surface area contributed by atoms with Crippen LogP contribution in [0.15, 0.2) is 53.6 Å². The third kappa shape index (κ3) is 4.03. The average Bonchev–Trinajstić information content (AvgIpc) is 3.33. The predicted molar refractivity (Wildman–Crippen MR) is 113 cm³/mol. The van der Waals surface area contributed by atoms with Crippen LogP contribution >= 0.6 is 0 Å². The summed E-state index contributed by atoms with van der Waals surface area (Å²) in [7, 11) is -3.72. The van der Waals surface area contributed by atoms with E-state index in [9.17, 15) is 22.7 Å². The number of ether oxygens (including phenoxy) is 1. The maximum atomic E-state index is 13.8. The quantitative estimate of drug-likeness (QED) is 0.620. The van der Waals surface area contributed by atoms with Crippen molar-refractivity contribution >= 4 is 26.9 Å². The Hall–Kier alpha value is -2.91. The lowest BCUT2D eigenvalue weighted by atomic mass is 10.2. The first-order valence-corrected chi connectivity index (χ1v) is 11.4. The van der Waals surface area contributed by atoms with Crippen LogP contribution in [0.3, 0.4) is 0 Å². The number of carboxylic acid groups (broad SMARTS) is 1. The number of fused-ring (bicyclic) bond motifs is 1. The molecule has 0 saturated carbocycles. The molecule has 4 rings (SSSR count). The topological polar surface area (TPSA) is 88.8 Å². The summed E-state index contributed by atoms with van der Waals surface area (Å²) in [6.07, 6.45) is 1.94. The maximum absolute atomic E-state index is 13.8. The highest BCUT2D eigenvalue weighted by molar-refractivity contribution is 7.89. The van der Waals surface area contributed by atoms with Crippen molar-refractivity contribution in [3.05, 3.63) is 60.0 Å². The van der Waals surface area contributed by atoms with Gasteiger partial charge in [0.05, 0.1) is 22.1 Å². The molecule has 1 saturated heterocycles. The molecule has 7 nitrogen and oxygen atoms in total. The Kier molecular flexibility index (Phi) is 5.49. The van der Waals surface area contributed by atoms with Crippen LogP contribution in [-0.2, 0) is 10.0 Å².